The van der Waals surface area contributed by atoms with Crippen LogP contribution in [0.5, 0.6) is 5.75 Å². The lowest BCUT2D eigenvalue weighted by molar-refractivity contribution is 0.413. The van der Waals surface area contributed by atoms with Crippen LogP contribution in [0.25, 0.3) is 0 Å². The maximum Gasteiger partial charge on any atom is 0.188 e. The molecule has 1 aromatic heterocycles. The summed E-state index contributed by atoms with van der Waals surface area (Å²) in [4.78, 5) is 3.87. The lowest BCUT2D eigenvalue weighted by Gasteiger charge is -2.04. The van der Waals surface area contributed by atoms with Gasteiger partial charge in [-0.1, -0.05) is 11.6 Å². The van der Waals surface area contributed by atoms with Crippen LogP contribution < -0.4 is 9.46 Å². The maximum absolute atomic E-state index is 11.7. The molecule has 86 valence electrons. The average molecular weight is 260 g/mol. The van der Waals surface area contributed by atoms with Crippen LogP contribution in [0, 0.1) is 11.5 Å². The summed E-state index contributed by atoms with van der Waals surface area (Å²) in [6.45, 7) is 0. The zero-order valence-electron chi connectivity index (χ0n) is 8.73. The fourth-order valence-corrected chi connectivity index (χ4v) is 2.10. The van der Waals surface area contributed by atoms with E-state index in [0.717, 1.165) is 0 Å². The molecule has 0 radical (unpaired) electrons. The fourth-order valence-electron chi connectivity index (χ4n) is 1.03. The Balaban J connectivity index is 3.17. The molecule has 1 N–H and O–H groups in total. The molecule has 1 unspecified atom stereocenters. The second-order valence-electron chi connectivity index (χ2n) is 3.00. The third kappa shape index (κ3) is 3.29. The standard InChI is InChI=1S/C9H10ClN3O2S/c1-15-8-3-7(4-12-9(8)10)5-16(2,14)13-6-11/h3-5H,1-2H3,(H,13,14). The molecule has 0 fully saturated rings. The number of aromatic nitrogens is 1. The Labute approximate surface area is 99.2 Å². The van der Waals surface area contributed by atoms with Crippen LogP contribution in [0.2, 0.25) is 5.15 Å². The van der Waals surface area contributed by atoms with Crippen LogP contribution in [-0.4, -0.2) is 27.9 Å². The van der Waals surface area contributed by atoms with Gasteiger partial charge in [0, 0.05) is 23.4 Å². The highest BCUT2D eigenvalue weighted by Crippen LogP contribution is 2.21. The molecule has 0 aliphatic carbocycles. The third-order valence-corrected chi connectivity index (χ3v) is 3.16. The summed E-state index contributed by atoms with van der Waals surface area (Å²) in [5, 5.41) is 10.0. The van der Waals surface area contributed by atoms with E-state index in [4.69, 9.17) is 21.6 Å². The molecule has 0 saturated carbocycles. The number of halogens is 1. The molecule has 0 aliphatic heterocycles. The topological polar surface area (TPSA) is 75.0 Å². The summed E-state index contributed by atoms with van der Waals surface area (Å²) in [5.74, 6) is 0.391. The predicted molar refractivity (Wildman–Crippen MR) is 63.8 cm³/mol. The number of hydrogen-bond acceptors (Lipinski definition) is 4. The van der Waals surface area contributed by atoms with E-state index in [1.165, 1.54) is 24.9 Å². The first-order valence-electron chi connectivity index (χ1n) is 4.18. The normalized spacial score (nSPS) is 13.4. The van der Waals surface area contributed by atoms with Crippen molar-refractivity contribution in [1.29, 1.82) is 5.26 Å². The fraction of sp³-hybridized carbons (Fsp3) is 0.222. The highest BCUT2D eigenvalue weighted by molar-refractivity contribution is 7.99. The van der Waals surface area contributed by atoms with Gasteiger partial charge in [-0.15, -0.1) is 0 Å². The molecular weight excluding hydrogens is 250 g/mol. The molecule has 16 heavy (non-hydrogen) atoms. The molecule has 0 saturated heterocycles. The van der Waals surface area contributed by atoms with Crippen molar-refractivity contribution in [2.75, 3.05) is 13.4 Å². The van der Waals surface area contributed by atoms with Gasteiger partial charge in [-0.2, -0.15) is 5.26 Å². The lowest BCUT2D eigenvalue weighted by Crippen LogP contribution is -2.18. The van der Waals surface area contributed by atoms with Gasteiger partial charge in [-0.25, -0.2) is 13.9 Å². The van der Waals surface area contributed by atoms with Crippen molar-refractivity contribution in [3.8, 4) is 11.9 Å². The van der Waals surface area contributed by atoms with Crippen LogP contribution in [0.15, 0.2) is 12.3 Å². The minimum Gasteiger partial charge on any atom is -0.494 e. The van der Waals surface area contributed by atoms with Gasteiger partial charge in [-0.05, 0) is 6.07 Å². The smallest absolute Gasteiger partial charge is 0.188 e. The molecule has 1 atom stereocenters. The summed E-state index contributed by atoms with van der Waals surface area (Å²) < 4.78 is 18.9. The predicted octanol–water partition coefficient (Wildman–Crippen LogP) is 0.794. The maximum atomic E-state index is 11.7. The van der Waals surface area contributed by atoms with Crippen molar-refractivity contribution in [2.24, 2.45) is 0 Å². The van der Waals surface area contributed by atoms with Gasteiger partial charge >= 0.3 is 0 Å². The second-order valence-corrected chi connectivity index (χ2v) is 5.60. The molecule has 5 nitrogen and oxygen atoms in total. The lowest BCUT2D eigenvalue weighted by atomic mass is 10.3. The summed E-state index contributed by atoms with van der Waals surface area (Å²) >= 11 is 5.74. The molecule has 0 bridgehead atoms. The van der Waals surface area contributed by atoms with E-state index in [1.54, 1.807) is 12.3 Å². The number of hydrogen-bond donors (Lipinski definition) is 1. The number of ether oxygens (including phenoxy) is 1. The van der Waals surface area contributed by atoms with Crippen molar-refractivity contribution in [3.05, 3.63) is 23.0 Å². The van der Waals surface area contributed by atoms with Gasteiger partial charge in [0.15, 0.2) is 17.1 Å². The molecule has 0 aliphatic rings. The van der Waals surface area contributed by atoms with E-state index < -0.39 is 9.71 Å². The van der Waals surface area contributed by atoms with Gasteiger partial charge in [0.1, 0.15) is 0 Å². The van der Waals surface area contributed by atoms with Crippen molar-refractivity contribution >= 4 is 26.7 Å². The van der Waals surface area contributed by atoms with Gasteiger partial charge < -0.3 is 4.74 Å². The van der Waals surface area contributed by atoms with E-state index in [0.29, 0.717) is 11.3 Å². The van der Waals surface area contributed by atoms with Crippen LogP contribution in [0.4, 0.5) is 0 Å². The van der Waals surface area contributed by atoms with Crippen LogP contribution in [-0.2, 0) is 9.71 Å². The van der Waals surface area contributed by atoms with E-state index in [-0.39, 0.29) is 5.15 Å². The van der Waals surface area contributed by atoms with Crippen molar-refractivity contribution in [2.45, 2.75) is 0 Å². The first-order chi connectivity index (χ1) is 7.48. The zero-order chi connectivity index (χ0) is 12.2. The van der Waals surface area contributed by atoms with Gasteiger partial charge in [0.2, 0.25) is 0 Å². The number of rotatable bonds is 3. The minimum absolute atomic E-state index is 0.232. The molecule has 1 aromatic rings. The Morgan fingerprint density at radius 3 is 3.00 bits per heavy atom. The second kappa shape index (κ2) is 5.05. The van der Waals surface area contributed by atoms with Gasteiger partial charge in [-0.3, -0.25) is 0 Å². The molecule has 7 heteroatoms. The largest absolute Gasteiger partial charge is 0.494 e. The Morgan fingerprint density at radius 2 is 2.44 bits per heavy atom. The molecule has 1 rings (SSSR count). The van der Waals surface area contributed by atoms with Crippen LogP contribution in [0.3, 0.4) is 0 Å². The Morgan fingerprint density at radius 1 is 1.75 bits per heavy atom. The number of nitrogens with zero attached hydrogens (tertiary/aromatic N) is 2. The van der Waals surface area contributed by atoms with E-state index in [2.05, 4.69) is 9.71 Å². The van der Waals surface area contributed by atoms with Crippen molar-refractivity contribution < 1.29 is 8.95 Å². The average Bonchev–Trinajstić information content (AvgIpc) is 2.20. The zero-order valence-corrected chi connectivity index (χ0v) is 10.3. The summed E-state index contributed by atoms with van der Waals surface area (Å²) in [5.41, 5.74) is 0.566. The van der Waals surface area contributed by atoms with Crippen LogP contribution in [0.1, 0.15) is 5.56 Å². The Kier molecular flexibility index (Phi) is 3.99. The quantitative estimate of drug-likeness (QED) is 0.377. The minimum atomic E-state index is -2.55. The van der Waals surface area contributed by atoms with Gasteiger partial charge in [0.05, 0.1) is 16.8 Å². The molecule has 1 heterocycles. The Hall–Kier alpha value is -1.45. The highest BCUT2D eigenvalue weighted by atomic mass is 35.5. The number of pyridine rings is 1. The third-order valence-electron chi connectivity index (χ3n) is 1.66. The highest BCUT2D eigenvalue weighted by Gasteiger charge is 2.04. The van der Waals surface area contributed by atoms with E-state index in [9.17, 15) is 4.21 Å². The first kappa shape index (κ1) is 12.6. The Bertz CT molecular complexity index is 544. The number of nitrogens with one attached hydrogen (secondary N) is 1. The molecular formula is C9H10ClN3O2S. The van der Waals surface area contributed by atoms with Gasteiger partial charge in [0.25, 0.3) is 0 Å². The van der Waals surface area contributed by atoms with E-state index in [1.807, 2.05) is 0 Å². The summed E-state index contributed by atoms with van der Waals surface area (Å²) in [7, 11) is -1.09. The SMILES string of the molecule is COc1cc(C=S(C)(=O)NC#N)cnc1Cl. The summed E-state index contributed by atoms with van der Waals surface area (Å²) in [6, 6.07) is 1.59. The van der Waals surface area contributed by atoms with Crippen molar-refractivity contribution in [3.63, 3.8) is 0 Å². The monoisotopic (exact) mass is 259 g/mol. The number of nitriles is 1. The van der Waals surface area contributed by atoms with E-state index >= 15 is 0 Å². The first-order valence-corrected chi connectivity index (χ1v) is 6.58. The molecule has 0 amide bonds. The summed E-state index contributed by atoms with van der Waals surface area (Å²) in [6.07, 6.45) is 4.50. The molecule has 0 aromatic carbocycles. The van der Waals surface area contributed by atoms with Crippen molar-refractivity contribution in [1.82, 2.24) is 9.71 Å². The molecule has 0 spiro atoms. The van der Waals surface area contributed by atoms with Crippen LogP contribution >= 0.6 is 11.6 Å². The number of methoxy groups -OCH3 is 1.